The average Bonchev–Trinajstić information content (AvgIpc) is 2.73. The number of methoxy groups -OCH3 is 2. The molecule has 144 valence electrons. The lowest BCUT2D eigenvalue weighted by Crippen LogP contribution is -2.56. The van der Waals surface area contributed by atoms with Gasteiger partial charge in [-0.25, -0.2) is 0 Å². The molecule has 0 spiro atoms. The SMILES string of the molecule is COc1ccccc1N1CCN([C@H]2Cc3cccc(OC)c3C[C@@H]2O)CC1. The van der Waals surface area contributed by atoms with E-state index >= 15 is 0 Å². The number of hydrogen-bond acceptors (Lipinski definition) is 5. The van der Waals surface area contributed by atoms with Crippen molar-refractivity contribution in [2.24, 2.45) is 0 Å². The molecule has 4 rings (SSSR count). The van der Waals surface area contributed by atoms with Crippen molar-refractivity contribution < 1.29 is 14.6 Å². The Morgan fingerprint density at radius 2 is 1.56 bits per heavy atom. The minimum atomic E-state index is -0.355. The molecule has 5 heteroatoms. The molecule has 1 saturated heterocycles. The smallest absolute Gasteiger partial charge is 0.142 e. The molecule has 0 aromatic heterocycles. The molecule has 2 aliphatic rings. The van der Waals surface area contributed by atoms with Gasteiger partial charge in [-0.3, -0.25) is 4.90 Å². The van der Waals surface area contributed by atoms with E-state index in [1.165, 1.54) is 5.56 Å². The molecular weight excluding hydrogens is 340 g/mol. The van der Waals surface area contributed by atoms with E-state index in [1.807, 2.05) is 24.3 Å². The number of ether oxygens (including phenoxy) is 2. The van der Waals surface area contributed by atoms with Crippen LogP contribution in [-0.4, -0.2) is 62.6 Å². The van der Waals surface area contributed by atoms with Gasteiger partial charge in [0.15, 0.2) is 0 Å². The van der Waals surface area contributed by atoms with Gasteiger partial charge in [0, 0.05) is 38.6 Å². The van der Waals surface area contributed by atoms with Crippen molar-refractivity contribution in [2.75, 3.05) is 45.3 Å². The summed E-state index contributed by atoms with van der Waals surface area (Å²) in [5.41, 5.74) is 3.62. The summed E-state index contributed by atoms with van der Waals surface area (Å²) in [6.45, 7) is 3.77. The normalized spacial score (nSPS) is 23.0. The van der Waals surface area contributed by atoms with Crippen LogP contribution in [0.3, 0.4) is 0 Å². The number of benzene rings is 2. The molecule has 5 nitrogen and oxygen atoms in total. The van der Waals surface area contributed by atoms with Gasteiger partial charge in [0.2, 0.25) is 0 Å². The molecule has 2 aromatic rings. The van der Waals surface area contributed by atoms with E-state index in [0.29, 0.717) is 6.42 Å². The second kappa shape index (κ2) is 7.79. The maximum Gasteiger partial charge on any atom is 0.142 e. The summed E-state index contributed by atoms with van der Waals surface area (Å²) >= 11 is 0. The molecular formula is C22H28N2O3. The van der Waals surface area contributed by atoms with Gasteiger partial charge in [0.1, 0.15) is 11.5 Å². The van der Waals surface area contributed by atoms with Crippen LogP contribution in [0.1, 0.15) is 11.1 Å². The van der Waals surface area contributed by atoms with E-state index in [-0.39, 0.29) is 12.1 Å². The standard InChI is InChI=1S/C22H28N2O3/c1-26-21-9-5-6-16-14-19(20(25)15-17(16)21)24-12-10-23(11-13-24)18-7-3-4-8-22(18)27-2/h3-9,19-20,25H,10-15H2,1-2H3/t19-,20-/m0/s1. The Kier molecular flexibility index (Phi) is 5.23. The number of aliphatic hydroxyl groups excluding tert-OH is 1. The van der Waals surface area contributed by atoms with E-state index in [1.54, 1.807) is 14.2 Å². The van der Waals surface area contributed by atoms with Crippen molar-refractivity contribution in [2.45, 2.75) is 25.0 Å². The second-order valence-electron chi connectivity index (χ2n) is 7.34. The van der Waals surface area contributed by atoms with Crippen LogP contribution in [-0.2, 0) is 12.8 Å². The van der Waals surface area contributed by atoms with Gasteiger partial charge in [0.05, 0.1) is 26.0 Å². The Morgan fingerprint density at radius 3 is 2.30 bits per heavy atom. The monoisotopic (exact) mass is 368 g/mol. The third-order valence-corrected chi connectivity index (χ3v) is 5.95. The van der Waals surface area contributed by atoms with Crippen molar-refractivity contribution >= 4 is 5.69 Å². The number of anilines is 1. The Morgan fingerprint density at radius 1 is 0.852 bits per heavy atom. The lowest BCUT2D eigenvalue weighted by atomic mass is 9.84. The van der Waals surface area contributed by atoms with E-state index in [2.05, 4.69) is 28.0 Å². The Bertz CT molecular complexity index is 787. The number of hydrogen-bond donors (Lipinski definition) is 1. The summed E-state index contributed by atoms with van der Waals surface area (Å²) in [6.07, 6.45) is 1.19. The maximum absolute atomic E-state index is 10.8. The molecule has 0 saturated carbocycles. The molecule has 27 heavy (non-hydrogen) atoms. The molecule has 1 N–H and O–H groups in total. The summed E-state index contributed by atoms with van der Waals surface area (Å²) in [7, 11) is 3.42. The predicted octanol–water partition coefficient (Wildman–Crippen LogP) is 2.35. The summed E-state index contributed by atoms with van der Waals surface area (Å²) in [5, 5.41) is 10.8. The molecule has 1 heterocycles. The topological polar surface area (TPSA) is 45.2 Å². The number of rotatable bonds is 4. The molecule has 2 aromatic carbocycles. The number of para-hydroxylation sites is 2. The van der Waals surface area contributed by atoms with Gasteiger partial charge in [-0.2, -0.15) is 0 Å². The maximum atomic E-state index is 10.8. The molecule has 2 atom stereocenters. The first-order valence-corrected chi connectivity index (χ1v) is 9.66. The van der Waals surface area contributed by atoms with Crippen LogP contribution < -0.4 is 14.4 Å². The van der Waals surface area contributed by atoms with Crippen molar-refractivity contribution in [1.82, 2.24) is 4.90 Å². The molecule has 1 fully saturated rings. The fourth-order valence-corrected chi connectivity index (χ4v) is 4.49. The Labute approximate surface area is 161 Å². The van der Waals surface area contributed by atoms with Crippen LogP contribution in [0.25, 0.3) is 0 Å². The van der Waals surface area contributed by atoms with E-state index in [0.717, 1.165) is 55.3 Å². The third kappa shape index (κ3) is 3.49. The molecule has 1 aliphatic carbocycles. The molecule has 0 radical (unpaired) electrons. The lowest BCUT2D eigenvalue weighted by Gasteiger charge is -2.44. The molecule has 0 bridgehead atoms. The number of nitrogens with zero attached hydrogens (tertiary/aromatic N) is 2. The van der Waals surface area contributed by atoms with Crippen LogP contribution in [0, 0.1) is 0 Å². The predicted molar refractivity (Wildman–Crippen MR) is 107 cm³/mol. The minimum Gasteiger partial charge on any atom is -0.496 e. The van der Waals surface area contributed by atoms with E-state index < -0.39 is 0 Å². The van der Waals surface area contributed by atoms with Gasteiger partial charge in [-0.05, 0) is 35.7 Å². The van der Waals surface area contributed by atoms with Gasteiger partial charge in [-0.1, -0.05) is 24.3 Å². The van der Waals surface area contributed by atoms with Crippen LogP contribution in [0.4, 0.5) is 5.69 Å². The summed E-state index contributed by atoms with van der Waals surface area (Å²) in [6, 6.07) is 14.6. The third-order valence-electron chi connectivity index (χ3n) is 5.95. The van der Waals surface area contributed by atoms with E-state index in [9.17, 15) is 5.11 Å². The highest BCUT2D eigenvalue weighted by molar-refractivity contribution is 5.58. The van der Waals surface area contributed by atoms with Crippen molar-refractivity contribution in [3.05, 3.63) is 53.6 Å². The summed E-state index contributed by atoms with van der Waals surface area (Å²) in [4.78, 5) is 4.82. The zero-order valence-electron chi connectivity index (χ0n) is 16.1. The summed E-state index contributed by atoms with van der Waals surface area (Å²) < 4.78 is 11.0. The highest BCUT2D eigenvalue weighted by Gasteiger charge is 2.34. The average molecular weight is 368 g/mol. The van der Waals surface area contributed by atoms with Gasteiger partial charge in [0.25, 0.3) is 0 Å². The van der Waals surface area contributed by atoms with Crippen molar-refractivity contribution in [3.8, 4) is 11.5 Å². The first kappa shape index (κ1) is 18.1. The highest BCUT2D eigenvalue weighted by atomic mass is 16.5. The van der Waals surface area contributed by atoms with Crippen LogP contribution >= 0.6 is 0 Å². The van der Waals surface area contributed by atoms with Gasteiger partial charge >= 0.3 is 0 Å². The first-order chi connectivity index (χ1) is 13.2. The fraction of sp³-hybridized carbons (Fsp3) is 0.455. The Balaban J connectivity index is 1.45. The van der Waals surface area contributed by atoms with Gasteiger partial charge < -0.3 is 19.5 Å². The quantitative estimate of drug-likeness (QED) is 0.898. The van der Waals surface area contributed by atoms with Crippen molar-refractivity contribution in [3.63, 3.8) is 0 Å². The largest absolute Gasteiger partial charge is 0.496 e. The fourth-order valence-electron chi connectivity index (χ4n) is 4.49. The van der Waals surface area contributed by atoms with Crippen molar-refractivity contribution in [1.29, 1.82) is 0 Å². The lowest BCUT2D eigenvalue weighted by molar-refractivity contribution is 0.0389. The molecule has 0 amide bonds. The van der Waals surface area contributed by atoms with Crippen LogP contribution in [0.5, 0.6) is 11.5 Å². The Hall–Kier alpha value is -2.24. The van der Waals surface area contributed by atoms with Crippen LogP contribution in [0.2, 0.25) is 0 Å². The van der Waals surface area contributed by atoms with Crippen LogP contribution in [0.15, 0.2) is 42.5 Å². The first-order valence-electron chi connectivity index (χ1n) is 9.66. The number of fused-ring (bicyclic) bond motifs is 1. The number of piperazine rings is 1. The molecule has 0 unspecified atom stereocenters. The molecule has 1 aliphatic heterocycles. The summed E-state index contributed by atoms with van der Waals surface area (Å²) in [5.74, 6) is 1.82. The highest BCUT2D eigenvalue weighted by Crippen LogP contribution is 2.33. The van der Waals surface area contributed by atoms with Gasteiger partial charge in [-0.15, -0.1) is 0 Å². The second-order valence-corrected chi connectivity index (χ2v) is 7.34. The zero-order valence-corrected chi connectivity index (χ0v) is 16.1. The zero-order chi connectivity index (χ0) is 18.8. The van der Waals surface area contributed by atoms with E-state index in [4.69, 9.17) is 9.47 Å². The number of aliphatic hydroxyl groups is 1. The minimum absolute atomic E-state index is 0.171.